The summed E-state index contributed by atoms with van der Waals surface area (Å²) in [4.78, 5) is 10.8. The molecule has 1 unspecified atom stereocenters. The molecule has 3 heteroatoms. The normalized spacial score (nSPS) is 19.8. The second-order valence-electron chi connectivity index (χ2n) is 3.39. The zero-order valence-electron chi connectivity index (χ0n) is 7.16. The molecule has 0 aliphatic heterocycles. The van der Waals surface area contributed by atoms with Gasteiger partial charge in [0.1, 0.15) is 0 Å². The van der Waals surface area contributed by atoms with Crippen molar-refractivity contribution in [2.24, 2.45) is 0 Å². The number of hydrogen-bond acceptors (Lipinski definition) is 2. The van der Waals surface area contributed by atoms with Gasteiger partial charge in [0.2, 0.25) is 0 Å². The lowest BCUT2D eigenvalue weighted by atomic mass is 10.0. The van der Waals surface area contributed by atoms with E-state index in [-0.39, 0.29) is 5.92 Å². The lowest BCUT2D eigenvalue weighted by Gasteiger charge is -2.05. The number of carboxylic acids is 1. The summed E-state index contributed by atoms with van der Waals surface area (Å²) in [6.45, 7) is 0. The van der Waals surface area contributed by atoms with Crippen molar-refractivity contribution in [2.45, 2.75) is 18.8 Å². The zero-order valence-corrected chi connectivity index (χ0v) is 7.16. The van der Waals surface area contributed by atoms with Crippen LogP contribution in [-0.4, -0.2) is 11.1 Å². The molecular weight excluding hydrogens is 166 g/mol. The van der Waals surface area contributed by atoms with Gasteiger partial charge < -0.3 is 10.8 Å². The van der Waals surface area contributed by atoms with Gasteiger partial charge >= 0.3 is 5.97 Å². The largest absolute Gasteiger partial charge is 0.481 e. The first kappa shape index (κ1) is 8.10. The maximum atomic E-state index is 10.8. The summed E-state index contributed by atoms with van der Waals surface area (Å²) >= 11 is 0. The number of aryl methyl sites for hydroxylation is 1. The average molecular weight is 177 g/mol. The number of rotatable bonds is 1. The van der Waals surface area contributed by atoms with E-state index in [4.69, 9.17) is 10.8 Å². The first-order chi connectivity index (χ1) is 6.18. The third-order valence-electron chi connectivity index (χ3n) is 2.55. The van der Waals surface area contributed by atoms with Gasteiger partial charge in [-0.1, -0.05) is 6.07 Å². The van der Waals surface area contributed by atoms with Gasteiger partial charge in [-0.3, -0.25) is 4.79 Å². The van der Waals surface area contributed by atoms with Crippen LogP contribution in [0.4, 0.5) is 5.69 Å². The monoisotopic (exact) mass is 177 g/mol. The van der Waals surface area contributed by atoms with Crippen molar-refractivity contribution in [2.75, 3.05) is 5.73 Å². The number of carbonyl (C=O) groups is 1. The van der Waals surface area contributed by atoms with Crippen LogP contribution < -0.4 is 5.73 Å². The molecule has 0 heterocycles. The predicted molar refractivity (Wildman–Crippen MR) is 49.6 cm³/mol. The molecule has 68 valence electrons. The van der Waals surface area contributed by atoms with Gasteiger partial charge in [0, 0.05) is 5.69 Å². The Balaban J connectivity index is 2.46. The Labute approximate surface area is 76.2 Å². The fraction of sp³-hybridized carbons (Fsp3) is 0.300. The number of fused-ring (bicyclic) bond motifs is 1. The van der Waals surface area contributed by atoms with Crippen LogP contribution in [0.1, 0.15) is 23.5 Å². The maximum absolute atomic E-state index is 10.8. The Morgan fingerprint density at radius 3 is 3.00 bits per heavy atom. The average Bonchev–Trinajstić information content (AvgIpc) is 2.46. The Kier molecular flexibility index (Phi) is 1.72. The summed E-state index contributed by atoms with van der Waals surface area (Å²) in [7, 11) is 0. The van der Waals surface area contributed by atoms with Crippen LogP contribution >= 0.6 is 0 Å². The number of anilines is 1. The van der Waals surface area contributed by atoms with Crippen LogP contribution in [-0.2, 0) is 11.2 Å². The molecule has 3 N–H and O–H groups in total. The van der Waals surface area contributed by atoms with Crippen LogP contribution in [0.2, 0.25) is 0 Å². The molecule has 13 heavy (non-hydrogen) atoms. The van der Waals surface area contributed by atoms with Gasteiger partial charge in [-0.25, -0.2) is 0 Å². The van der Waals surface area contributed by atoms with E-state index in [1.165, 1.54) is 0 Å². The molecular formula is C10H11NO2. The summed E-state index contributed by atoms with van der Waals surface area (Å²) in [6.07, 6.45) is 1.56. The second-order valence-corrected chi connectivity index (χ2v) is 3.39. The number of aliphatic carboxylic acids is 1. The highest BCUT2D eigenvalue weighted by Crippen LogP contribution is 2.34. The van der Waals surface area contributed by atoms with Crippen LogP contribution in [0.15, 0.2) is 18.2 Å². The minimum Gasteiger partial charge on any atom is -0.481 e. The van der Waals surface area contributed by atoms with E-state index < -0.39 is 5.97 Å². The van der Waals surface area contributed by atoms with Crippen LogP contribution in [0.5, 0.6) is 0 Å². The lowest BCUT2D eigenvalue weighted by molar-refractivity contribution is -0.138. The molecule has 0 bridgehead atoms. The lowest BCUT2D eigenvalue weighted by Crippen LogP contribution is -2.07. The van der Waals surface area contributed by atoms with E-state index in [1.54, 1.807) is 6.07 Å². The first-order valence-corrected chi connectivity index (χ1v) is 4.29. The molecule has 0 fully saturated rings. The van der Waals surface area contributed by atoms with Gasteiger partial charge in [0.25, 0.3) is 0 Å². The van der Waals surface area contributed by atoms with E-state index in [0.717, 1.165) is 17.5 Å². The van der Waals surface area contributed by atoms with Crippen molar-refractivity contribution < 1.29 is 9.90 Å². The topological polar surface area (TPSA) is 63.3 Å². The standard InChI is InChI=1S/C10H11NO2/c11-7-3-1-6-2-4-8(10(12)13)9(6)5-7/h1,3,5,8H,2,4,11H2,(H,12,13). The minimum atomic E-state index is -0.746. The number of hydrogen-bond donors (Lipinski definition) is 2. The summed E-state index contributed by atoms with van der Waals surface area (Å²) in [5.41, 5.74) is 8.27. The Morgan fingerprint density at radius 2 is 2.31 bits per heavy atom. The Morgan fingerprint density at radius 1 is 1.54 bits per heavy atom. The molecule has 1 atom stereocenters. The summed E-state index contributed by atoms with van der Waals surface area (Å²) in [5, 5.41) is 8.91. The van der Waals surface area contributed by atoms with Crippen molar-refractivity contribution >= 4 is 11.7 Å². The Bertz CT molecular complexity index is 360. The highest BCUT2D eigenvalue weighted by molar-refractivity contribution is 5.78. The van der Waals surface area contributed by atoms with E-state index in [9.17, 15) is 4.79 Å². The molecule has 1 aromatic rings. The van der Waals surface area contributed by atoms with Gasteiger partial charge in [-0.05, 0) is 36.1 Å². The molecule has 0 amide bonds. The quantitative estimate of drug-likeness (QED) is 0.637. The van der Waals surface area contributed by atoms with Gasteiger partial charge in [0.05, 0.1) is 5.92 Å². The van der Waals surface area contributed by atoms with Crippen molar-refractivity contribution in [3.8, 4) is 0 Å². The van der Waals surface area contributed by atoms with Crippen LogP contribution in [0, 0.1) is 0 Å². The van der Waals surface area contributed by atoms with Gasteiger partial charge in [-0.15, -0.1) is 0 Å². The highest BCUT2D eigenvalue weighted by Gasteiger charge is 2.27. The first-order valence-electron chi connectivity index (χ1n) is 4.29. The molecule has 1 aliphatic carbocycles. The highest BCUT2D eigenvalue weighted by atomic mass is 16.4. The third kappa shape index (κ3) is 1.26. The molecule has 0 aromatic heterocycles. The maximum Gasteiger partial charge on any atom is 0.310 e. The van der Waals surface area contributed by atoms with Gasteiger partial charge in [-0.2, -0.15) is 0 Å². The number of nitrogens with two attached hydrogens (primary N) is 1. The molecule has 3 nitrogen and oxygen atoms in total. The van der Waals surface area contributed by atoms with E-state index >= 15 is 0 Å². The van der Waals surface area contributed by atoms with E-state index in [2.05, 4.69) is 0 Å². The molecule has 1 aromatic carbocycles. The molecule has 2 rings (SSSR count). The predicted octanol–water partition coefficient (Wildman–Crippen LogP) is 1.38. The van der Waals surface area contributed by atoms with Gasteiger partial charge in [0.15, 0.2) is 0 Å². The van der Waals surface area contributed by atoms with E-state index in [0.29, 0.717) is 12.1 Å². The molecule has 0 spiro atoms. The number of nitrogen functional groups attached to an aromatic ring is 1. The summed E-state index contributed by atoms with van der Waals surface area (Å²) < 4.78 is 0. The van der Waals surface area contributed by atoms with Crippen molar-refractivity contribution in [1.82, 2.24) is 0 Å². The minimum absolute atomic E-state index is 0.349. The fourth-order valence-electron chi connectivity index (χ4n) is 1.88. The van der Waals surface area contributed by atoms with E-state index in [1.807, 2.05) is 12.1 Å². The van der Waals surface area contributed by atoms with Crippen molar-refractivity contribution in [3.63, 3.8) is 0 Å². The summed E-state index contributed by atoms with van der Waals surface area (Å²) in [5.74, 6) is -1.09. The number of benzene rings is 1. The van der Waals surface area contributed by atoms with Crippen LogP contribution in [0.3, 0.4) is 0 Å². The fourth-order valence-corrected chi connectivity index (χ4v) is 1.88. The molecule has 0 radical (unpaired) electrons. The zero-order chi connectivity index (χ0) is 9.42. The Hall–Kier alpha value is -1.51. The second kappa shape index (κ2) is 2.76. The number of carboxylic acid groups (broad SMARTS) is 1. The van der Waals surface area contributed by atoms with Crippen molar-refractivity contribution in [3.05, 3.63) is 29.3 Å². The molecule has 0 saturated carbocycles. The smallest absolute Gasteiger partial charge is 0.310 e. The SMILES string of the molecule is Nc1ccc2c(c1)C(C(=O)O)CC2. The third-order valence-corrected chi connectivity index (χ3v) is 2.55. The van der Waals surface area contributed by atoms with Crippen LogP contribution in [0.25, 0.3) is 0 Å². The van der Waals surface area contributed by atoms with Crippen molar-refractivity contribution in [1.29, 1.82) is 0 Å². The molecule has 0 saturated heterocycles. The summed E-state index contributed by atoms with van der Waals surface area (Å²) in [6, 6.07) is 5.53. The molecule has 1 aliphatic rings.